The Hall–Kier alpha value is -1.70. The van der Waals surface area contributed by atoms with E-state index < -0.39 is 12.5 Å². The van der Waals surface area contributed by atoms with E-state index in [1.165, 1.54) is 13.2 Å². The summed E-state index contributed by atoms with van der Waals surface area (Å²) in [7, 11) is 1.39. The second-order valence-electron chi connectivity index (χ2n) is 2.94. The zero-order chi connectivity index (χ0) is 12.1. The Morgan fingerprint density at radius 1 is 1.56 bits per heavy atom. The largest absolute Gasteiger partial charge is 0.481 e. The van der Waals surface area contributed by atoms with Crippen molar-refractivity contribution in [1.29, 1.82) is 0 Å². The summed E-state index contributed by atoms with van der Waals surface area (Å²) in [4.78, 5) is 7.44. The molecule has 1 unspecified atom stereocenters. The highest BCUT2D eigenvalue weighted by molar-refractivity contribution is 5.42. The van der Waals surface area contributed by atoms with Gasteiger partial charge in [0, 0.05) is 12.6 Å². The average molecular weight is 234 g/mol. The molecule has 16 heavy (non-hydrogen) atoms. The molecular weight excluding hydrogens is 222 g/mol. The summed E-state index contributed by atoms with van der Waals surface area (Å²) >= 11 is 0. The SMILES string of the molecule is COc1cc(NCC(O)C(F)F)nc(N)n1. The van der Waals surface area contributed by atoms with E-state index in [1.54, 1.807) is 0 Å². The molecule has 0 aliphatic carbocycles. The quantitative estimate of drug-likeness (QED) is 0.669. The van der Waals surface area contributed by atoms with Gasteiger partial charge in [-0.05, 0) is 0 Å². The average Bonchev–Trinajstić information content (AvgIpc) is 2.24. The number of nitrogens with one attached hydrogen (secondary N) is 1. The zero-order valence-corrected chi connectivity index (χ0v) is 8.52. The molecule has 6 nitrogen and oxygen atoms in total. The van der Waals surface area contributed by atoms with Gasteiger partial charge in [0.05, 0.1) is 7.11 Å². The highest BCUT2D eigenvalue weighted by Gasteiger charge is 2.16. The Morgan fingerprint density at radius 3 is 2.81 bits per heavy atom. The number of hydrogen-bond donors (Lipinski definition) is 3. The molecule has 0 saturated heterocycles. The van der Waals surface area contributed by atoms with E-state index in [1.807, 2.05) is 0 Å². The van der Waals surface area contributed by atoms with E-state index in [2.05, 4.69) is 15.3 Å². The number of anilines is 2. The molecule has 8 heteroatoms. The molecule has 1 aromatic rings. The predicted molar refractivity (Wildman–Crippen MR) is 53.5 cm³/mol. The normalized spacial score (nSPS) is 12.6. The van der Waals surface area contributed by atoms with Crippen LogP contribution in [-0.4, -0.2) is 41.3 Å². The standard InChI is InChI=1S/C8H12F2N4O2/c1-16-6-2-5(13-8(11)14-6)12-3-4(15)7(9)10/h2,4,7,15H,3H2,1H3,(H3,11,12,13,14). The van der Waals surface area contributed by atoms with Crippen LogP contribution in [0.4, 0.5) is 20.5 Å². The molecule has 1 atom stereocenters. The molecule has 0 fully saturated rings. The van der Waals surface area contributed by atoms with Crippen LogP contribution < -0.4 is 15.8 Å². The number of hydrogen-bond acceptors (Lipinski definition) is 6. The number of alkyl halides is 2. The lowest BCUT2D eigenvalue weighted by Gasteiger charge is -2.11. The highest BCUT2D eigenvalue weighted by Crippen LogP contribution is 2.14. The third-order valence-electron chi connectivity index (χ3n) is 1.71. The second-order valence-corrected chi connectivity index (χ2v) is 2.94. The fourth-order valence-electron chi connectivity index (χ4n) is 0.936. The molecule has 90 valence electrons. The van der Waals surface area contributed by atoms with Crippen LogP contribution in [-0.2, 0) is 0 Å². The molecule has 1 heterocycles. The van der Waals surface area contributed by atoms with Crippen LogP contribution in [0.5, 0.6) is 5.88 Å². The number of nitrogens with zero attached hydrogens (tertiary/aromatic N) is 2. The van der Waals surface area contributed by atoms with Crippen LogP contribution in [0.1, 0.15) is 0 Å². The number of ether oxygens (including phenoxy) is 1. The van der Waals surface area contributed by atoms with E-state index in [-0.39, 0.29) is 24.2 Å². The Labute approximate surface area is 90.5 Å². The van der Waals surface area contributed by atoms with Crippen molar-refractivity contribution in [2.24, 2.45) is 0 Å². The molecule has 4 N–H and O–H groups in total. The van der Waals surface area contributed by atoms with E-state index in [4.69, 9.17) is 15.6 Å². The Morgan fingerprint density at radius 2 is 2.25 bits per heavy atom. The van der Waals surface area contributed by atoms with Crippen molar-refractivity contribution in [1.82, 2.24) is 9.97 Å². The number of halogens is 2. The number of aliphatic hydroxyl groups is 1. The van der Waals surface area contributed by atoms with Gasteiger partial charge in [0.2, 0.25) is 11.8 Å². The summed E-state index contributed by atoms with van der Waals surface area (Å²) in [5, 5.41) is 11.4. The van der Waals surface area contributed by atoms with Crippen molar-refractivity contribution in [3.05, 3.63) is 6.07 Å². The van der Waals surface area contributed by atoms with Crippen LogP contribution >= 0.6 is 0 Å². The Kier molecular flexibility index (Phi) is 4.18. The van der Waals surface area contributed by atoms with Gasteiger partial charge in [-0.3, -0.25) is 0 Å². The summed E-state index contributed by atoms with van der Waals surface area (Å²) in [6, 6.07) is 1.38. The topological polar surface area (TPSA) is 93.3 Å². The minimum atomic E-state index is -2.81. The van der Waals surface area contributed by atoms with Crippen LogP contribution in [0.25, 0.3) is 0 Å². The van der Waals surface area contributed by atoms with Crippen LogP contribution in [0.15, 0.2) is 6.07 Å². The molecule has 0 saturated carbocycles. The summed E-state index contributed by atoms with van der Waals surface area (Å²) in [6.07, 6.45) is -4.57. The number of nitrogen functional groups attached to an aromatic ring is 1. The number of methoxy groups -OCH3 is 1. The van der Waals surface area contributed by atoms with Crippen molar-refractivity contribution in [3.8, 4) is 5.88 Å². The van der Waals surface area contributed by atoms with Crippen LogP contribution in [0.2, 0.25) is 0 Å². The number of nitrogens with two attached hydrogens (primary N) is 1. The summed E-state index contributed by atoms with van der Waals surface area (Å²) < 4.78 is 28.8. The predicted octanol–water partition coefficient (Wildman–Crippen LogP) is 0.105. The lowest BCUT2D eigenvalue weighted by Crippen LogP contribution is -2.27. The van der Waals surface area contributed by atoms with E-state index >= 15 is 0 Å². The molecule has 1 aromatic heterocycles. The maximum Gasteiger partial charge on any atom is 0.265 e. The van der Waals surface area contributed by atoms with E-state index in [9.17, 15) is 8.78 Å². The van der Waals surface area contributed by atoms with Crippen LogP contribution in [0, 0.1) is 0 Å². The van der Waals surface area contributed by atoms with Gasteiger partial charge in [0.25, 0.3) is 6.43 Å². The van der Waals surface area contributed by atoms with Crippen molar-refractivity contribution >= 4 is 11.8 Å². The maximum absolute atomic E-state index is 12.0. The summed E-state index contributed by atoms with van der Waals surface area (Å²) in [5.41, 5.74) is 5.35. The molecule has 1 rings (SSSR count). The van der Waals surface area contributed by atoms with Gasteiger partial charge in [-0.15, -0.1) is 0 Å². The van der Waals surface area contributed by atoms with E-state index in [0.717, 1.165) is 0 Å². The maximum atomic E-state index is 12.0. The van der Waals surface area contributed by atoms with Crippen LogP contribution in [0.3, 0.4) is 0 Å². The minimum absolute atomic E-state index is 0.0478. The number of aliphatic hydroxyl groups excluding tert-OH is 1. The monoisotopic (exact) mass is 234 g/mol. The van der Waals surface area contributed by atoms with Crippen molar-refractivity contribution < 1.29 is 18.6 Å². The summed E-state index contributed by atoms with van der Waals surface area (Å²) in [6.45, 7) is -0.336. The van der Waals surface area contributed by atoms with Crippen molar-refractivity contribution in [3.63, 3.8) is 0 Å². The molecule has 0 amide bonds. The molecule has 0 radical (unpaired) electrons. The molecule has 0 aromatic carbocycles. The smallest absolute Gasteiger partial charge is 0.265 e. The second kappa shape index (κ2) is 5.40. The minimum Gasteiger partial charge on any atom is -0.481 e. The Bertz CT molecular complexity index is 351. The molecule has 0 spiro atoms. The molecular formula is C8H12F2N4O2. The Balaban J connectivity index is 2.63. The molecule has 0 aliphatic heterocycles. The lowest BCUT2D eigenvalue weighted by molar-refractivity contribution is 0.00380. The first-order valence-electron chi connectivity index (χ1n) is 4.41. The van der Waals surface area contributed by atoms with Gasteiger partial charge in [0.1, 0.15) is 11.9 Å². The first-order valence-corrected chi connectivity index (χ1v) is 4.41. The van der Waals surface area contributed by atoms with Gasteiger partial charge >= 0.3 is 0 Å². The van der Waals surface area contributed by atoms with Gasteiger partial charge < -0.3 is 20.9 Å². The fourth-order valence-corrected chi connectivity index (χ4v) is 0.936. The van der Waals surface area contributed by atoms with Gasteiger partial charge in [-0.1, -0.05) is 0 Å². The molecule has 0 aliphatic rings. The lowest BCUT2D eigenvalue weighted by atomic mass is 10.3. The zero-order valence-electron chi connectivity index (χ0n) is 8.52. The fraction of sp³-hybridized carbons (Fsp3) is 0.500. The highest BCUT2D eigenvalue weighted by atomic mass is 19.3. The third-order valence-corrected chi connectivity index (χ3v) is 1.71. The first-order chi connectivity index (χ1) is 7.52. The van der Waals surface area contributed by atoms with Gasteiger partial charge in [0.15, 0.2) is 0 Å². The summed E-state index contributed by atoms with van der Waals surface area (Å²) in [5.74, 6) is 0.374. The van der Waals surface area contributed by atoms with Crippen molar-refractivity contribution in [2.75, 3.05) is 24.7 Å². The number of aromatic nitrogens is 2. The molecule has 0 bridgehead atoms. The van der Waals surface area contributed by atoms with Gasteiger partial charge in [-0.25, -0.2) is 8.78 Å². The van der Waals surface area contributed by atoms with E-state index in [0.29, 0.717) is 0 Å². The van der Waals surface area contributed by atoms with Gasteiger partial charge in [-0.2, -0.15) is 9.97 Å². The third kappa shape index (κ3) is 3.46. The first kappa shape index (κ1) is 12.4. The number of rotatable bonds is 5. The van der Waals surface area contributed by atoms with Crippen molar-refractivity contribution in [2.45, 2.75) is 12.5 Å².